The Balaban J connectivity index is 0.000001000. The van der Waals surface area contributed by atoms with E-state index in [0.29, 0.717) is 0 Å². The molecule has 2 nitrogen and oxygen atoms in total. The highest BCUT2D eigenvalue weighted by Crippen LogP contribution is 2.00. The predicted molar refractivity (Wildman–Crippen MR) is 45.5 cm³/mol. The summed E-state index contributed by atoms with van der Waals surface area (Å²) in [6.07, 6.45) is 1.85. The lowest BCUT2D eigenvalue weighted by Gasteiger charge is -1.96. The lowest BCUT2D eigenvalue weighted by molar-refractivity contribution is 0.288. The van der Waals surface area contributed by atoms with Gasteiger partial charge in [-0.2, -0.15) is 0 Å². The van der Waals surface area contributed by atoms with Gasteiger partial charge in [0.05, 0.1) is 0 Å². The predicted octanol–water partition coefficient (Wildman–Crippen LogP) is 0.787. The van der Waals surface area contributed by atoms with Crippen LogP contribution in [0.15, 0.2) is 30.3 Å². The third kappa shape index (κ3) is 3.75. The van der Waals surface area contributed by atoms with Gasteiger partial charge >= 0.3 is 0 Å². The van der Waals surface area contributed by atoms with Crippen molar-refractivity contribution < 1.29 is 10.6 Å². The van der Waals surface area contributed by atoms with Crippen LogP contribution in [0.3, 0.4) is 0 Å². The molecule has 0 unspecified atom stereocenters. The van der Waals surface area contributed by atoms with Crippen LogP contribution < -0.4 is 0 Å². The molecule has 1 rings (SSSR count). The number of aryl methyl sites for hydroxylation is 1. The van der Waals surface area contributed by atoms with Gasteiger partial charge in [-0.3, -0.25) is 0 Å². The summed E-state index contributed by atoms with van der Waals surface area (Å²) in [4.78, 5) is 0. The molecular weight excluding hydrogens is 140 g/mol. The van der Waals surface area contributed by atoms with Crippen LogP contribution in [0, 0.1) is 0 Å². The van der Waals surface area contributed by atoms with Gasteiger partial charge in [0, 0.05) is 6.61 Å². The summed E-state index contributed by atoms with van der Waals surface area (Å²) in [5.74, 6) is 0. The Morgan fingerprint density at radius 3 is 2.27 bits per heavy atom. The maximum Gasteiger partial charge on any atom is 0.0434 e. The van der Waals surface area contributed by atoms with Gasteiger partial charge in [-0.05, 0) is 18.4 Å². The Hall–Kier alpha value is -0.860. The first-order chi connectivity index (χ1) is 4.93. The van der Waals surface area contributed by atoms with Crippen LogP contribution in [0.25, 0.3) is 0 Å². The zero-order valence-electron chi connectivity index (χ0n) is 6.46. The minimum absolute atomic E-state index is 0. The van der Waals surface area contributed by atoms with Crippen molar-refractivity contribution in [3.8, 4) is 0 Å². The Morgan fingerprint density at radius 2 is 1.73 bits per heavy atom. The maximum atomic E-state index is 8.53. The number of aliphatic hydroxyl groups is 1. The summed E-state index contributed by atoms with van der Waals surface area (Å²) in [6.45, 7) is 0.287. The molecule has 1 aromatic rings. The molecule has 0 heterocycles. The molecule has 11 heavy (non-hydrogen) atoms. The van der Waals surface area contributed by atoms with E-state index in [4.69, 9.17) is 5.11 Å². The largest absolute Gasteiger partial charge is 0.412 e. The van der Waals surface area contributed by atoms with Gasteiger partial charge < -0.3 is 10.6 Å². The van der Waals surface area contributed by atoms with Gasteiger partial charge in [-0.25, -0.2) is 0 Å². The monoisotopic (exact) mass is 154 g/mol. The lowest BCUT2D eigenvalue weighted by atomic mass is 10.1. The maximum absolute atomic E-state index is 8.53. The van der Waals surface area contributed by atoms with E-state index in [-0.39, 0.29) is 12.1 Å². The number of benzene rings is 1. The smallest absolute Gasteiger partial charge is 0.0434 e. The topological polar surface area (TPSA) is 51.7 Å². The molecule has 0 saturated carbocycles. The Morgan fingerprint density at radius 1 is 1.09 bits per heavy atom. The first-order valence-electron chi connectivity index (χ1n) is 3.58. The van der Waals surface area contributed by atoms with E-state index >= 15 is 0 Å². The Labute approximate surface area is 66.8 Å². The molecular formula is C9H14O2. The molecule has 1 aromatic carbocycles. The Bertz CT molecular complexity index is 172. The molecule has 0 fully saturated rings. The molecule has 0 aliphatic carbocycles. The van der Waals surface area contributed by atoms with Gasteiger partial charge in [0.2, 0.25) is 0 Å². The number of aliphatic hydroxyl groups excluding tert-OH is 1. The van der Waals surface area contributed by atoms with Crippen LogP contribution in [0.4, 0.5) is 0 Å². The fraction of sp³-hybridized carbons (Fsp3) is 0.333. The molecule has 0 radical (unpaired) electrons. The third-order valence-electron chi connectivity index (χ3n) is 1.47. The minimum Gasteiger partial charge on any atom is -0.412 e. The van der Waals surface area contributed by atoms with Crippen molar-refractivity contribution in [2.24, 2.45) is 0 Å². The summed E-state index contributed by atoms with van der Waals surface area (Å²) in [7, 11) is 0. The van der Waals surface area contributed by atoms with Crippen LogP contribution >= 0.6 is 0 Å². The van der Waals surface area contributed by atoms with Crippen molar-refractivity contribution in [2.75, 3.05) is 6.61 Å². The van der Waals surface area contributed by atoms with E-state index in [2.05, 4.69) is 12.1 Å². The van der Waals surface area contributed by atoms with E-state index < -0.39 is 0 Å². The summed E-state index contributed by atoms with van der Waals surface area (Å²) < 4.78 is 0. The van der Waals surface area contributed by atoms with Crippen LogP contribution in [-0.4, -0.2) is 17.2 Å². The average Bonchev–Trinajstić information content (AvgIpc) is 2.03. The van der Waals surface area contributed by atoms with Crippen molar-refractivity contribution in [3.05, 3.63) is 35.9 Å². The first-order valence-corrected chi connectivity index (χ1v) is 3.58. The Kier molecular flexibility index (Phi) is 5.43. The number of hydrogen-bond donors (Lipinski definition) is 1. The van der Waals surface area contributed by atoms with E-state index in [0.717, 1.165) is 12.8 Å². The molecule has 62 valence electrons. The third-order valence-corrected chi connectivity index (χ3v) is 1.47. The first kappa shape index (κ1) is 10.1. The molecule has 0 amide bonds. The molecule has 2 heteroatoms. The summed E-state index contributed by atoms with van der Waals surface area (Å²) >= 11 is 0. The standard InChI is InChI=1S/C9H12O.H2O/c10-8-4-7-9-5-2-1-3-6-9;/h1-3,5-6,10H,4,7-8H2;1H2. The van der Waals surface area contributed by atoms with Gasteiger partial charge in [0.15, 0.2) is 0 Å². The zero-order chi connectivity index (χ0) is 7.23. The summed E-state index contributed by atoms with van der Waals surface area (Å²) in [5.41, 5.74) is 1.30. The molecule has 0 aromatic heterocycles. The molecule has 0 spiro atoms. The second kappa shape index (κ2) is 5.89. The zero-order valence-corrected chi connectivity index (χ0v) is 6.46. The van der Waals surface area contributed by atoms with E-state index in [1.54, 1.807) is 0 Å². The molecule has 0 atom stereocenters. The molecule has 0 aliphatic heterocycles. The highest BCUT2D eigenvalue weighted by molar-refractivity contribution is 5.14. The summed E-state index contributed by atoms with van der Waals surface area (Å²) in [5, 5.41) is 8.53. The fourth-order valence-corrected chi connectivity index (χ4v) is 0.928. The van der Waals surface area contributed by atoms with Crippen LogP contribution in [0.2, 0.25) is 0 Å². The van der Waals surface area contributed by atoms with E-state index in [1.165, 1.54) is 5.56 Å². The molecule has 0 bridgehead atoms. The highest BCUT2D eigenvalue weighted by atomic mass is 16.2. The van der Waals surface area contributed by atoms with Crippen molar-refractivity contribution >= 4 is 0 Å². The van der Waals surface area contributed by atoms with Gasteiger partial charge in [0.25, 0.3) is 0 Å². The molecule has 0 saturated heterocycles. The van der Waals surface area contributed by atoms with Gasteiger partial charge in [0.1, 0.15) is 0 Å². The van der Waals surface area contributed by atoms with Crippen molar-refractivity contribution in [1.82, 2.24) is 0 Å². The highest BCUT2D eigenvalue weighted by Gasteiger charge is 1.87. The number of rotatable bonds is 3. The van der Waals surface area contributed by atoms with Crippen molar-refractivity contribution in [1.29, 1.82) is 0 Å². The van der Waals surface area contributed by atoms with Crippen molar-refractivity contribution in [3.63, 3.8) is 0 Å². The minimum atomic E-state index is 0. The van der Waals surface area contributed by atoms with Gasteiger partial charge in [-0.15, -0.1) is 0 Å². The second-order valence-electron chi connectivity index (χ2n) is 2.31. The van der Waals surface area contributed by atoms with Crippen LogP contribution in [0.5, 0.6) is 0 Å². The summed E-state index contributed by atoms with van der Waals surface area (Å²) in [6, 6.07) is 10.2. The van der Waals surface area contributed by atoms with Crippen LogP contribution in [-0.2, 0) is 6.42 Å². The van der Waals surface area contributed by atoms with E-state index in [1.807, 2.05) is 18.2 Å². The second-order valence-corrected chi connectivity index (χ2v) is 2.31. The normalized spacial score (nSPS) is 8.82. The quantitative estimate of drug-likeness (QED) is 0.687. The fourth-order valence-electron chi connectivity index (χ4n) is 0.928. The van der Waals surface area contributed by atoms with Crippen LogP contribution in [0.1, 0.15) is 12.0 Å². The molecule has 0 aliphatic rings. The number of hydrogen-bond acceptors (Lipinski definition) is 1. The van der Waals surface area contributed by atoms with Crippen molar-refractivity contribution in [2.45, 2.75) is 12.8 Å². The van der Waals surface area contributed by atoms with Gasteiger partial charge in [-0.1, -0.05) is 30.3 Å². The average molecular weight is 154 g/mol. The lowest BCUT2D eigenvalue weighted by Crippen LogP contribution is -1.87. The SMILES string of the molecule is O.OCCCc1ccccc1. The molecule has 3 N–H and O–H groups in total. The van der Waals surface area contributed by atoms with E-state index in [9.17, 15) is 0 Å².